The Morgan fingerprint density at radius 3 is 2.00 bits per heavy atom. The first-order chi connectivity index (χ1) is 23.7. The third-order valence-electron chi connectivity index (χ3n) is 8.49. The minimum atomic E-state index is -0.783. The van der Waals surface area contributed by atoms with Crippen LogP contribution in [0.3, 0.4) is 0 Å². The van der Waals surface area contributed by atoms with Crippen molar-refractivity contribution in [3.8, 4) is 0 Å². The molecule has 5 aromatic carbocycles. The first-order valence-electron chi connectivity index (χ1n) is 16.0. The summed E-state index contributed by atoms with van der Waals surface area (Å²) in [6.07, 6.45) is 0.0485. The highest BCUT2D eigenvalue weighted by molar-refractivity contribution is 6.19. The lowest BCUT2D eigenvalue weighted by molar-refractivity contribution is -0.204. The second-order valence-corrected chi connectivity index (χ2v) is 11.7. The molecular weight excluding hydrogens is 618 g/mol. The van der Waals surface area contributed by atoms with Gasteiger partial charge in [0.15, 0.2) is 5.78 Å². The van der Waals surface area contributed by atoms with Gasteiger partial charge < -0.3 is 14.2 Å². The Morgan fingerprint density at radius 2 is 1.35 bits per heavy atom. The minimum absolute atomic E-state index is 0.0485. The van der Waals surface area contributed by atoms with E-state index in [0.717, 1.165) is 37.6 Å². The molecule has 0 saturated heterocycles. The monoisotopic (exact) mass is 653 g/mol. The first-order valence-corrected chi connectivity index (χ1v) is 16.0. The predicted octanol–water partition coefficient (Wildman–Crippen LogP) is 7.92. The van der Waals surface area contributed by atoms with Crippen molar-refractivity contribution in [2.45, 2.75) is 46.7 Å². The third kappa shape index (κ3) is 6.69. The highest BCUT2D eigenvalue weighted by Crippen LogP contribution is 2.34. The molecule has 1 heterocycles. The van der Waals surface area contributed by atoms with Gasteiger partial charge in [-0.3, -0.25) is 14.4 Å². The average molecular weight is 654 g/mol. The van der Waals surface area contributed by atoms with Crippen LogP contribution in [0.5, 0.6) is 0 Å². The van der Waals surface area contributed by atoms with Gasteiger partial charge in [-0.05, 0) is 53.6 Å². The Labute approximate surface area is 283 Å². The number of carbonyl (C=O) groups excluding carboxylic acids is 4. The number of aryl methyl sites for hydroxylation is 1. The lowest BCUT2D eigenvalue weighted by Gasteiger charge is -2.29. The number of aromatic nitrogens is 1. The molecule has 0 spiro atoms. The normalized spacial score (nSPS) is 12.2. The number of ketones is 1. The van der Waals surface area contributed by atoms with Crippen LogP contribution >= 0.6 is 0 Å². The molecule has 1 unspecified atom stereocenters. The minimum Gasteiger partial charge on any atom is -0.341 e. The van der Waals surface area contributed by atoms with E-state index in [1.54, 1.807) is 0 Å². The Bertz CT molecular complexity index is 2270. The zero-order chi connectivity index (χ0) is 34.7. The molecule has 0 aliphatic heterocycles. The molecule has 0 fully saturated rings. The highest BCUT2D eigenvalue weighted by atomic mass is 16.7. The highest BCUT2D eigenvalue weighted by Gasteiger charge is 2.29. The van der Waals surface area contributed by atoms with Crippen LogP contribution in [0.15, 0.2) is 114 Å². The largest absolute Gasteiger partial charge is 0.341 e. The third-order valence-corrected chi connectivity index (χ3v) is 8.49. The number of hydroxylamine groups is 2. The number of hydrogen-bond acceptors (Lipinski definition) is 7. The van der Waals surface area contributed by atoms with Gasteiger partial charge in [-0.25, -0.2) is 4.79 Å². The van der Waals surface area contributed by atoms with Crippen molar-refractivity contribution in [2.75, 3.05) is 0 Å². The maximum Gasteiger partial charge on any atom is 0.331 e. The van der Waals surface area contributed by atoms with Crippen molar-refractivity contribution < 1.29 is 28.9 Å². The molecule has 6 aromatic rings. The number of hydrogen-bond donors (Lipinski definition) is 0. The Kier molecular flexibility index (Phi) is 9.35. The van der Waals surface area contributed by atoms with Gasteiger partial charge in [0.2, 0.25) is 0 Å². The van der Waals surface area contributed by atoms with Crippen molar-refractivity contribution in [3.63, 3.8) is 0 Å². The van der Waals surface area contributed by atoms with Gasteiger partial charge in [-0.15, -0.1) is 0 Å². The summed E-state index contributed by atoms with van der Waals surface area (Å²) in [5.41, 5.74) is 4.76. The van der Waals surface area contributed by atoms with Gasteiger partial charge in [0.05, 0.1) is 5.71 Å². The molecule has 9 nitrogen and oxygen atoms in total. The van der Waals surface area contributed by atoms with Crippen LogP contribution in [0.1, 0.15) is 67.2 Å². The van der Waals surface area contributed by atoms with E-state index < -0.39 is 23.9 Å². The standard InChI is InChI=1S/C40H35N3O6/c1-5-42-37-20-18-30(36(41-48-26(3)45)24-39(29-13-7-6-8-14-29)43(25(2)44)49-27(4)46)22-34(37)35-23-31(19-21-38(35)42)40(47)33-17-11-15-28-12-9-10-16-32(28)33/h6-23,39H,5,24H2,1-4H3/b41-36+. The zero-order valence-electron chi connectivity index (χ0n) is 27.7. The van der Waals surface area contributed by atoms with Crippen molar-refractivity contribution >= 4 is 61.9 Å². The van der Waals surface area contributed by atoms with Crippen molar-refractivity contribution in [1.29, 1.82) is 0 Å². The van der Waals surface area contributed by atoms with Gasteiger partial charge in [0.25, 0.3) is 5.91 Å². The summed E-state index contributed by atoms with van der Waals surface area (Å²) in [5.74, 6) is -1.83. The molecule has 1 atom stereocenters. The smallest absolute Gasteiger partial charge is 0.331 e. The van der Waals surface area contributed by atoms with Gasteiger partial charge in [0.1, 0.15) is 6.04 Å². The molecule has 0 aliphatic carbocycles. The Hall–Kier alpha value is -6.09. The molecule has 0 radical (unpaired) electrons. The van der Waals surface area contributed by atoms with E-state index >= 15 is 0 Å². The van der Waals surface area contributed by atoms with Crippen LogP contribution < -0.4 is 0 Å². The van der Waals surface area contributed by atoms with Crippen LogP contribution in [0.25, 0.3) is 32.6 Å². The SMILES string of the molecule is CCn1c2ccc(C(=O)c3cccc4ccccc34)cc2c2cc(/C(CC(c3ccccc3)N(OC(C)=O)C(C)=O)=N/OC(C)=O)ccc21. The van der Waals surface area contributed by atoms with Crippen molar-refractivity contribution in [3.05, 3.63) is 131 Å². The number of nitrogens with zero attached hydrogens (tertiary/aromatic N) is 3. The Morgan fingerprint density at radius 1 is 0.714 bits per heavy atom. The summed E-state index contributed by atoms with van der Waals surface area (Å²) in [5, 5.41) is 8.89. The van der Waals surface area contributed by atoms with Crippen molar-refractivity contribution in [1.82, 2.24) is 9.63 Å². The van der Waals surface area contributed by atoms with E-state index in [9.17, 15) is 19.2 Å². The molecule has 1 aromatic heterocycles. The van der Waals surface area contributed by atoms with Gasteiger partial charge in [-0.1, -0.05) is 84.0 Å². The second-order valence-electron chi connectivity index (χ2n) is 11.7. The van der Waals surface area contributed by atoms with E-state index in [2.05, 4.69) is 16.6 Å². The van der Waals surface area contributed by atoms with E-state index in [4.69, 9.17) is 9.68 Å². The average Bonchev–Trinajstić information content (AvgIpc) is 3.42. The molecule has 9 heteroatoms. The van der Waals surface area contributed by atoms with E-state index in [1.165, 1.54) is 20.8 Å². The number of fused-ring (bicyclic) bond motifs is 4. The number of rotatable bonds is 9. The summed E-state index contributed by atoms with van der Waals surface area (Å²) in [6.45, 7) is 6.54. The molecular formula is C40H35N3O6. The molecule has 6 rings (SSSR count). The van der Waals surface area contributed by atoms with Crippen molar-refractivity contribution in [2.24, 2.45) is 5.16 Å². The maximum atomic E-state index is 13.9. The molecule has 0 saturated carbocycles. The van der Waals surface area contributed by atoms with E-state index in [1.807, 2.05) is 109 Å². The number of benzene rings is 5. The van der Waals surface area contributed by atoms with Crippen LogP contribution in [0.2, 0.25) is 0 Å². The summed E-state index contributed by atoms with van der Waals surface area (Å²) in [7, 11) is 0. The molecule has 0 aliphatic rings. The van der Waals surface area contributed by atoms with E-state index in [-0.39, 0.29) is 12.2 Å². The van der Waals surface area contributed by atoms with Crippen LogP contribution in [0.4, 0.5) is 0 Å². The van der Waals surface area contributed by atoms with E-state index in [0.29, 0.717) is 34.5 Å². The topological polar surface area (TPSA) is 107 Å². The Balaban J connectivity index is 1.49. The zero-order valence-corrected chi connectivity index (χ0v) is 27.7. The molecule has 1 amide bonds. The molecule has 0 bridgehead atoms. The quantitative estimate of drug-likeness (QED) is 0.0679. The fourth-order valence-corrected chi connectivity index (χ4v) is 6.35. The van der Waals surface area contributed by atoms with Gasteiger partial charge in [-0.2, -0.15) is 5.06 Å². The molecule has 0 N–H and O–H groups in total. The first kappa shape index (κ1) is 32.8. The second kappa shape index (κ2) is 13.9. The number of amides is 1. The summed E-state index contributed by atoms with van der Waals surface area (Å²) < 4.78 is 2.18. The fourth-order valence-electron chi connectivity index (χ4n) is 6.35. The van der Waals surface area contributed by atoms with Crippen LogP contribution in [-0.4, -0.2) is 39.0 Å². The molecule has 49 heavy (non-hydrogen) atoms. The fraction of sp³-hybridized carbons (Fsp3) is 0.175. The summed E-state index contributed by atoms with van der Waals surface area (Å²) in [4.78, 5) is 61.3. The summed E-state index contributed by atoms with van der Waals surface area (Å²) in [6, 6.07) is 33.5. The number of oxime groups is 1. The van der Waals surface area contributed by atoms with Gasteiger partial charge in [0, 0.05) is 72.2 Å². The van der Waals surface area contributed by atoms with Crippen LogP contribution in [0, 0.1) is 0 Å². The predicted molar refractivity (Wildman–Crippen MR) is 189 cm³/mol. The van der Waals surface area contributed by atoms with Gasteiger partial charge >= 0.3 is 11.9 Å². The molecule has 246 valence electrons. The maximum absolute atomic E-state index is 13.9. The lowest BCUT2D eigenvalue weighted by Crippen LogP contribution is -2.36. The summed E-state index contributed by atoms with van der Waals surface area (Å²) >= 11 is 0. The lowest BCUT2D eigenvalue weighted by atomic mass is 9.95. The number of carbonyl (C=O) groups is 4. The van der Waals surface area contributed by atoms with Crippen LogP contribution in [-0.2, 0) is 30.6 Å².